The zero-order valence-corrected chi connectivity index (χ0v) is 10.9. The van der Waals surface area contributed by atoms with Crippen molar-refractivity contribution in [1.82, 2.24) is 19.8 Å². The first-order valence-electron chi connectivity index (χ1n) is 5.88. The van der Waals surface area contributed by atoms with Gasteiger partial charge in [-0.3, -0.25) is 9.63 Å². The molecule has 18 heavy (non-hydrogen) atoms. The van der Waals surface area contributed by atoms with E-state index in [0.717, 1.165) is 5.06 Å². The molecule has 0 saturated heterocycles. The van der Waals surface area contributed by atoms with Crippen LogP contribution in [0.3, 0.4) is 0 Å². The van der Waals surface area contributed by atoms with E-state index < -0.39 is 12.1 Å². The molecular formula is C11H17FN4O2. The first-order chi connectivity index (χ1) is 8.45. The summed E-state index contributed by atoms with van der Waals surface area (Å²) in [6.45, 7) is 3.99. The number of halogens is 1. The van der Waals surface area contributed by atoms with Gasteiger partial charge in [0.1, 0.15) is 0 Å². The van der Waals surface area contributed by atoms with Crippen molar-refractivity contribution in [3.63, 3.8) is 0 Å². The van der Waals surface area contributed by atoms with E-state index in [9.17, 15) is 9.18 Å². The lowest BCUT2D eigenvalue weighted by atomic mass is 10.0. The van der Waals surface area contributed by atoms with Crippen molar-refractivity contribution in [2.75, 3.05) is 14.2 Å². The van der Waals surface area contributed by atoms with Gasteiger partial charge in [0.25, 0.3) is 0 Å². The van der Waals surface area contributed by atoms with Gasteiger partial charge in [-0.15, -0.1) is 5.10 Å². The average molecular weight is 256 g/mol. The van der Waals surface area contributed by atoms with Crippen molar-refractivity contribution < 1.29 is 14.0 Å². The minimum atomic E-state index is -1.15. The predicted molar refractivity (Wildman–Crippen MR) is 61.5 cm³/mol. The number of alkyl halides is 1. The normalized spacial score (nSPS) is 22.3. The van der Waals surface area contributed by atoms with Gasteiger partial charge >= 0.3 is 5.91 Å². The molecule has 0 radical (unpaired) electrons. The number of hydrogen-bond donors (Lipinski definition) is 0. The molecule has 2 heterocycles. The Morgan fingerprint density at radius 1 is 1.61 bits per heavy atom. The molecule has 1 aliphatic rings. The Morgan fingerprint density at radius 3 is 2.83 bits per heavy atom. The van der Waals surface area contributed by atoms with Gasteiger partial charge in [0, 0.05) is 13.5 Å². The number of carbonyl (C=O) groups is 1. The van der Waals surface area contributed by atoms with E-state index in [0.29, 0.717) is 6.42 Å². The molecule has 0 saturated carbocycles. The van der Waals surface area contributed by atoms with Crippen LogP contribution in [0.25, 0.3) is 0 Å². The van der Waals surface area contributed by atoms with Gasteiger partial charge in [0.2, 0.25) is 5.82 Å². The second-order valence-electron chi connectivity index (χ2n) is 4.74. The molecule has 0 bridgehead atoms. The van der Waals surface area contributed by atoms with Gasteiger partial charge in [0.15, 0.2) is 12.0 Å². The van der Waals surface area contributed by atoms with Gasteiger partial charge in [-0.05, 0) is 5.92 Å². The summed E-state index contributed by atoms with van der Waals surface area (Å²) in [5, 5.41) is 5.12. The first kappa shape index (κ1) is 12.9. The SMILES string of the molecule is CON(C)C(=O)c1nc2n(n1)C(C(C)C)C[C@@H]2F. The van der Waals surface area contributed by atoms with Crippen LogP contribution < -0.4 is 0 Å². The van der Waals surface area contributed by atoms with Crippen LogP contribution >= 0.6 is 0 Å². The second kappa shape index (κ2) is 4.64. The fourth-order valence-corrected chi connectivity index (χ4v) is 2.08. The highest BCUT2D eigenvalue weighted by Gasteiger charge is 2.37. The fraction of sp³-hybridized carbons (Fsp3) is 0.727. The van der Waals surface area contributed by atoms with E-state index in [-0.39, 0.29) is 23.6 Å². The number of aromatic nitrogens is 3. The molecule has 0 aromatic carbocycles. The minimum absolute atomic E-state index is 0.0256. The van der Waals surface area contributed by atoms with Crippen LogP contribution in [0, 0.1) is 5.92 Å². The summed E-state index contributed by atoms with van der Waals surface area (Å²) >= 11 is 0. The van der Waals surface area contributed by atoms with Crippen LogP contribution in [-0.4, -0.2) is 39.9 Å². The van der Waals surface area contributed by atoms with Gasteiger partial charge < -0.3 is 0 Å². The van der Waals surface area contributed by atoms with Crippen LogP contribution in [0.2, 0.25) is 0 Å². The number of rotatable bonds is 3. The molecule has 1 unspecified atom stereocenters. The molecule has 6 nitrogen and oxygen atoms in total. The Labute approximate surface area is 105 Å². The molecule has 7 heteroatoms. The third kappa shape index (κ3) is 1.98. The molecule has 2 rings (SSSR count). The summed E-state index contributed by atoms with van der Waals surface area (Å²) in [6.07, 6.45) is -0.777. The van der Waals surface area contributed by atoms with E-state index in [1.807, 2.05) is 13.8 Å². The maximum Gasteiger partial charge on any atom is 0.316 e. The van der Waals surface area contributed by atoms with Crippen molar-refractivity contribution in [2.45, 2.75) is 32.5 Å². The number of fused-ring (bicyclic) bond motifs is 1. The van der Waals surface area contributed by atoms with Crippen molar-refractivity contribution >= 4 is 5.91 Å². The number of amides is 1. The van der Waals surface area contributed by atoms with Crippen molar-refractivity contribution in [1.29, 1.82) is 0 Å². The van der Waals surface area contributed by atoms with Crippen LogP contribution in [0.1, 0.15) is 48.9 Å². The van der Waals surface area contributed by atoms with Crippen LogP contribution in [-0.2, 0) is 4.84 Å². The first-order valence-corrected chi connectivity index (χ1v) is 5.88. The molecule has 0 spiro atoms. The standard InChI is InChI=1S/C11H17FN4O2/c1-6(2)8-5-7(12)10-13-9(14-16(8)10)11(17)15(3)18-4/h6-8H,5H2,1-4H3/t7-,8?/m0/s1. The lowest BCUT2D eigenvalue weighted by Crippen LogP contribution is -2.27. The Hall–Kier alpha value is -1.50. The minimum Gasteiger partial charge on any atom is -0.274 e. The van der Waals surface area contributed by atoms with Gasteiger partial charge in [0.05, 0.1) is 13.2 Å². The van der Waals surface area contributed by atoms with E-state index in [2.05, 4.69) is 10.1 Å². The highest BCUT2D eigenvalue weighted by Crippen LogP contribution is 2.39. The van der Waals surface area contributed by atoms with E-state index in [4.69, 9.17) is 4.84 Å². The molecule has 1 aromatic rings. The van der Waals surface area contributed by atoms with Crippen LogP contribution in [0.15, 0.2) is 0 Å². The average Bonchev–Trinajstić information content (AvgIpc) is 2.88. The van der Waals surface area contributed by atoms with Crippen LogP contribution in [0.5, 0.6) is 0 Å². The number of hydrogen-bond acceptors (Lipinski definition) is 4. The molecule has 0 aliphatic carbocycles. The summed E-state index contributed by atoms with van der Waals surface area (Å²) in [5.74, 6) is -0.0210. The van der Waals surface area contributed by atoms with Crippen molar-refractivity contribution in [3.05, 3.63) is 11.6 Å². The Bertz CT molecular complexity index is 460. The number of nitrogens with zero attached hydrogens (tertiary/aromatic N) is 4. The summed E-state index contributed by atoms with van der Waals surface area (Å²) in [5.41, 5.74) is 0. The van der Waals surface area contributed by atoms with E-state index >= 15 is 0 Å². The molecular weight excluding hydrogens is 239 g/mol. The maximum atomic E-state index is 13.8. The summed E-state index contributed by atoms with van der Waals surface area (Å²) in [7, 11) is 2.83. The third-order valence-corrected chi connectivity index (χ3v) is 3.22. The van der Waals surface area contributed by atoms with Crippen LogP contribution in [0.4, 0.5) is 4.39 Å². The highest BCUT2D eigenvalue weighted by atomic mass is 19.1. The number of hydroxylamine groups is 2. The molecule has 100 valence electrons. The van der Waals surface area contributed by atoms with Crippen molar-refractivity contribution in [2.24, 2.45) is 5.92 Å². The lowest BCUT2D eigenvalue weighted by molar-refractivity contribution is -0.0764. The van der Waals surface area contributed by atoms with Gasteiger partial charge in [-0.1, -0.05) is 13.8 Å². The fourth-order valence-electron chi connectivity index (χ4n) is 2.08. The number of carbonyl (C=O) groups excluding carboxylic acids is 1. The zero-order chi connectivity index (χ0) is 13.4. The van der Waals surface area contributed by atoms with Gasteiger partial charge in [-0.2, -0.15) is 0 Å². The third-order valence-electron chi connectivity index (χ3n) is 3.22. The molecule has 1 aromatic heterocycles. The molecule has 2 atom stereocenters. The molecule has 1 amide bonds. The smallest absolute Gasteiger partial charge is 0.274 e. The second-order valence-corrected chi connectivity index (χ2v) is 4.74. The monoisotopic (exact) mass is 256 g/mol. The predicted octanol–water partition coefficient (Wildman–Crippen LogP) is 1.52. The largest absolute Gasteiger partial charge is 0.316 e. The summed E-state index contributed by atoms with van der Waals surface area (Å²) in [4.78, 5) is 20.6. The van der Waals surface area contributed by atoms with Gasteiger partial charge in [-0.25, -0.2) is 19.1 Å². The van der Waals surface area contributed by atoms with E-state index in [1.165, 1.54) is 18.8 Å². The molecule has 0 N–H and O–H groups in total. The van der Waals surface area contributed by atoms with Crippen molar-refractivity contribution in [3.8, 4) is 0 Å². The summed E-state index contributed by atoms with van der Waals surface area (Å²) < 4.78 is 15.3. The molecule has 0 fully saturated rings. The molecule has 1 aliphatic heterocycles. The quantitative estimate of drug-likeness (QED) is 0.769. The zero-order valence-electron chi connectivity index (χ0n) is 10.9. The Kier molecular flexibility index (Phi) is 3.34. The highest BCUT2D eigenvalue weighted by molar-refractivity contribution is 5.89. The Morgan fingerprint density at radius 2 is 2.28 bits per heavy atom. The summed E-state index contributed by atoms with van der Waals surface area (Å²) in [6, 6.07) is -0.0445. The van der Waals surface area contributed by atoms with E-state index in [1.54, 1.807) is 0 Å². The maximum absolute atomic E-state index is 13.8. The topological polar surface area (TPSA) is 60.2 Å². The Balaban J connectivity index is 2.32. The lowest BCUT2D eigenvalue weighted by Gasteiger charge is -2.15.